The molecule has 5 heterocycles. The van der Waals surface area contributed by atoms with Crippen LogP contribution >= 0.6 is 0 Å². The van der Waals surface area contributed by atoms with Crippen LogP contribution in [0, 0.1) is 0 Å². The fourth-order valence-corrected chi connectivity index (χ4v) is 5.27. The zero-order valence-electron chi connectivity index (χ0n) is 15.7. The normalized spacial score (nSPS) is 21.6. The molecule has 28 heavy (non-hydrogen) atoms. The summed E-state index contributed by atoms with van der Waals surface area (Å²) in [4.78, 5) is 23.5. The average molecular weight is 373 g/mol. The number of nitrogens with zero attached hydrogens (tertiary/aromatic N) is 2. The Kier molecular flexibility index (Phi) is 3.43. The highest BCUT2D eigenvalue weighted by molar-refractivity contribution is 6.14. The van der Waals surface area contributed by atoms with E-state index < -0.39 is 5.41 Å². The molecule has 3 aliphatic rings. The van der Waals surface area contributed by atoms with Crippen molar-refractivity contribution in [3.05, 3.63) is 48.3 Å². The number of aromatic nitrogens is 2. The summed E-state index contributed by atoms with van der Waals surface area (Å²) in [5.74, 6) is 0.127. The molecule has 0 radical (unpaired) electrons. The van der Waals surface area contributed by atoms with E-state index in [1.54, 1.807) is 0 Å². The number of nitrogens with one attached hydrogen (secondary N) is 3. The summed E-state index contributed by atoms with van der Waals surface area (Å²) >= 11 is 0. The van der Waals surface area contributed by atoms with Gasteiger partial charge in [-0.25, -0.2) is 4.98 Å². The van der Waals surface area contributed by atoms with Gasteiger partial charge in [0, 0.05) is 41.8 Å². The zero-order valence-corrected chi connectivity index (χ0v) is 15.7. The summed E-state index contributed by atoms with van der Waals surface area (Å²) in [5, 5.41) is 7.64. The first kappa shape index (κ1) is 16.3. The Balaban J connectivity index is 1.46. The number of anilines is 1. The highest BCUT2D eigenvalue weighted by Crippen LogP contribution is 2.50. The number of likely N-dealkylation sites (tertiary alicyclic amines) is 1. The van der Waals surface area contributed by atoms with Gasteiger partial charge >= 0.3 is 0 Å². The molecular weight excluding hydrogens is 350 g/mol. The largest absolute Gasteiger partial charge is 0.346 e. The van der Waals surface area contributed by atoms with Crippen molar-refractivity contribution in [2.45, 2.75) is 24.3 Å². The second-order valence-electron chi connectivity index (χ2n) is 8.26. The Labute approximate surface area is 163 Å². The van der Waals surface area contributed by atoms with E-state index in [9.17, 15) is 4.79 Å². The maximum Gasteiger partial charge on any atom is 0.237 e. The molecule has 6 rings (SSSR count). The number of carbonyl (C=O) groups is 1. The Bertz CT molecular complexity index is 1060. The van der Waals surface area contributed by atoms with Crippen LogP contribution in [0.5, 0.6) is 0 Å². The lowest BCUT2D eigenvalue weighted by Crippen LogP contribution is -2.66. The number of H-pyrrole nitrogens is 1. The maximum atomic E-state index is 13.1. The van der Waals surface area contributed by atoms with Crippen LogP contribution in [0.4, 0.5) is 5.69 Å². The molecule has 3 aromatic rings. The van der Waals surface area contributed by atoms with E-state index in [2.05, 4.69) is 37.6 Å². The molecule has 0 atom stereocenters. The van der Waals surface area contributed by atoms with E-state index in [1.165, 1.54) is 0 Å². The monoisotopic (exact) mass is 373 g/mol. The molecule has 1 spiro atoms. The lowest BCUT2D eigenvalue weighted by molar-refractivity contribution is -0.128. The van der Waals surface area contributed by atoms with E-state index in [1.807, 2.05) is 30.6 Å². The third-order valence-electron chi connectivity index (χ3n) is 6.72. The summed E-state index contributed by atoms with van der Waals surface area (Å²) < 4.78 is 0. The van der Waals surface area contributed by atoms with Crippen molar-refractivity contribution in [3.8, 4) is 11.1 Å². The standard InChI is InChI=1S/C22H23N5O/c28-21-22(12-27(13-22)15-6-8-23-9-7-15)19-17(26-21)11-25-20-18(19)16(10-24-20)14-4-2-1-3-5-14/h1-5,10-11,15,23H,6-9,12-13H2,(H,24,25)(H,26,28). The van der Waals surface area contributed by atoms with Gasteiger partial charge in [-0.05, 0) is 31.5 Å². The molecular formula is C22H23N5O. The highest BCUT2D eigenvalue weighted by atomic mass is 16.2. The lowest BCUT2D eigenvalue weighted by Gasteiger charge is -2.51. The van der Waals surface area contributed by atoms with Gasteiger partial charge in [0.15, 0.2) is 0 Å². The molecule has 3 aliphatic heterocycles. The highest BCUT2D eigenvalue weighted by Gasteiger charge is 2.57. The minimum atomic E-state index is -0.451. The predicted octanol–water partition coefficient (Wildman–Crippen LogP) is 2.49. The topological polar surface area (TPSA) is 73.0 Å². The summed E-state index contributed by atoms with van der Waals surface area (Å²) in [6.07, 6.45) is 6.15. The SMILES string of the molecule is O=C1Nc2cnc3[nH]cc(-c4ccccc4)c3c2C12CN(C1CCNCC1)C2. The second-order valence-corrected chi connectivity index (χ2v) is 8.26. The van der Waals surface area contributed by atoms with E-state index in [-0.39, 0.29) is 5.91 Å². The number of hydrogen-bond donors (Lipinski definition) is 3. The number of piperidine rings is 1. The molecule has 0 unspecified atom stereocenters. The molecule has 0 bridgehead atoms. The number of aromatic amines is 1. The molecule has 0 saturated carbocycles. The van der Waals surface area contributed by atoms with Crippen LogP contribution in [0.1, 0.15) is 18.4 Å². The number of rotatable bonds is 2. The third kappa shape index (κ3) is 2.16. The van der Waals surface area contributed by atoms with Crippen molar-refractivity contribution >= 4 is 22.6 Å². The van der Waals surface area contributed by atoms with Crippen LogP contribution in [0.15, 0.2) is 42.7 Å². The van der Waals surface area contributed by atoms with Crippen molar-refractivity contribution in [1.29, 1.82) is 0 Å². The number of pyridine rings is 1. The van der Waals surface area contributed by atoms with Gasteiger partial charge in [-0.2, -0.15) is 0 Å². The summed E-state index contributed by atoms with van der Waals surface area (Å²) in [6.45, 7) is 3.74. The first-order valence-electron chi connectivity index (χ1n) is 10.1. The van der Waals surface area contributed by atoms with E-state index in [4.69, 9.17) is 0 Å². The summed E-state index contributed by atoms with van der Waals surface area (Å²) in [6, 6.07) is 10.9. The molecule has 2 fully saturated rings. The van der Waals surface area contributed by atoms with Crippen LogP contribution in [-0.2, 0) is 10.2 Å². The van der Waals surface area contributed by atoms with E-state index in [0.717, 1.165) is 72.4 Å². The molecule has 2 saturated heterocycles. The molecule has 1 aromatic carbocycles. The average Bonchev–Trinajstić information content (AvgIpc) is 3.26. The minimum Gasteiger partial charge on any atom is -0.346 e. The van der Waals surface area contributed by atoms with Gasteiger partial charge < -0.3 is 15.6 Å². The second kappa shape index (κ2) is 5.90. The molecule has 6 nitrogen and oxygen atoms in total. The molecule has 142 valence electrons. The number of carbonyl (C=O) groups excluding carboxylic acids is 1. The van der Waals surface area contributed by atoms with Crippen LogP contribution in [0.25, 0.3) is 22.2 Å². The van der Waals surface area contributed by atoms with E-state index >= 15 is 0 Å². The van der Waals surface area contributed by atoms with Gasteiger partial charge in [-0.15, -0.1) is 0 Å². The van der Waals surface area contributed by atoms with Crippen molar-refractivity contribution in [2.75, 3.05) is 31.5 Å². The minimum absolute atomic E-state index is 0.127. The molecule has 3 N–H and O–H groups in total. The predicted molar refractivity (Wildman–Crippen MR) is 109 cm³/mol. The quantitative estimate of drug-likeness (QED) is 0.645. The van der Waals surface area contributed by atoms with Gasteiger partial charge in [0.05, 0.1) is 11.9 Å². The first-order valence-corrected chi connectivity index (χ1v) is 10.1. The molecule has 6 heteroatoms. The Hall–Kier alpha value is -2.70. The fourth-order valence-electron chi connectivity index (χ4n) is 5.27. The zero-order chi connectivity index (χ0) is 18.7. The summed E-state index contributed by atoms with van der Waals surface area (Å²) in [5.41, 5.74) is 4.68. The number of fused-ring (bicyclic) bond motifs is 4. The van der Waals surface area contributed by atoms with E-state index in [0.29, 0.717) is 6.04 Å². The number of hydrogen-bond acceptors (Lipinski definition) is 4. The molecule has 1 amide bonds. The molecule has 2 aromatic heterocycles. The number of benzene rings is 1. The van der Waals surface area contributed by atoms with Gasteiger partial charge in [-0.1, -0.05) is 30.3 Å². The van der Waals surface area contributed by atoms with Crippen molar-refractivity contribution in [3.63, 3.8) is 0 Å². The van der Waals surface area contributed by atoms with Gasteiger partial charge in [0.25, 0.3) is 0 Å². The van der Waals surface area contributed by atoms with Crippen LogP contribution < -0.4 is 10.6 Å². The van der Waals surface area contributed by atoms with Gasteiger partial charge in [-0.3, -0.25) is 9.69 Å². The number of amides is 1. The van der Waals surface area contributed by atoms with Gasteiger partial charge in [0.2, 0.25) is 5.91 Å². The lowest BCUT2D eigenvalue weighted by atomic mass is 9.72. The first-order chi connectivity index (χ1) is 13.8. The van der Waals surface area contributed by atoms with Gasteiger partial charge in [0.1, 0.15) is 11.1 Å². The van der Waals surface area contributed by atoms with Crippen LogP contribution in [0.2, 0.25) is 0 Å². The summed E-state index contributed by atoms with van der Waals surface area (Å²) in [7, 11) is 0. The fraction of sp³-hybridized carbons (Fsp3) is 0.364. The smallest absolute Gasteiger partial charge is 0.237 e. The van der Waals surface area contributed by atoms with Crippen molar-refractivity contribution in [2.24, 2.45) is 0 Å². The Morgan fingerprint density at radius 3 is 2.68 bits per heavy atom. The van der Waals surface area contributed by atoms with Crippen molar-refractivity contribution in [1.82, 2.24) is 20.2 Å². The third-order valence-corrected chi connectivity index (χ3v) is 6.72. The Morgan fingerprint density at radius 1 is 1.11 bits per heavy atom. The Morgan fingerprint density at radius 2 is 1.89 bits per heavy atom. The maximum absolute atomic E-state index is 13.1. The van der Waals surface area contributed by atoms with Crippen LogP contribution in [0.3, 0.4) is 0 Å². The molecule has 0 aliphatic carbocycles. The van der Waals surface area contributed by atoms with Crippen LogP contribution in [-0.4, -0.2) is 53.0 Å². The van der Waals surface area contributed by atoms with Crippen molar-refractivity contribution < 1.29 is 4.79 Å².